The van der Waals surface area contributed by atoms with Crippen LogP contribution in [-0.4, -0.2) is 13.5 Å². The first kappa shape index (κ1) is 12.9. The number of benzene rings is 1. The molecule has 1 heterocycles. The normalized spacial score (nSPS) is 11.4. The lowest BCUT2D eigenvalue weighted by molar-refractivity contribution is 0.471. The van der Waals surface area contributed by atoms with E-state index in [1.54, 1.807) is 25.1 Å². The number of anilines is 1. The standard InChI is InChI=1S/C12H13NO3S2/c1-8-7-10(4-5-11(8)14)13-18(15,16)12-6-3-9(2)17-12/h3-7,13-14H,1-2H3. The molecule has 0 unspecified atom stereocenters. The van der Waals surface area contributed by atoms with E-state index < -0.39 is 10.0 Å². The van der Waals surface area contributed by atoms with Crippen molar-refractivity contribution in [2.75, 3.05) is 4.72 Å². The minimum Gasteiger partial charge on any atom is -0.508 e. The van der Waals surface area contributed by atoms with Gasteiger partial charge in [0, 0.05) is 10.6 Å². The summed E-state index contributed by atoms with van der Waals surface area (Å²) < 4.78 is 26.9. The summed E-state index contributed by atoms with van der Waals surface area (Å²) in [6.45, 7) is 3.57. The van der Waals surface area contributed by atoms with Gasteiger partial charge in [-0.05, 0) is 49.7 Å². The van der Waals surface area contributed by atoms with E-state index in [4.69, 9.17) is 0 Å². The highest BCUT2D eigenvalue weighted by molar-refractivity contribution is 7.94. The predicted octanol–water partition coefficient (Wildman–Crippen LogP) is 2.87. The molecule has 0 bridgehead atoms. The minimum atomic E-state index is -3.54. The van der Waals surface area contributed by atoms with Gasteiger partial charge in [-0.25, -0.2) is 8.42 Å². The molecule has 0 saturated carbocycles. The summed E-state index contributed by atoms with van der Waals surface area (Å²) in [4.78, 5) is 0.942. The zero-order chi connectivity index (χ0) is 13.3. The molecule has 0 atom stereocenters. The third-order valence-corrected chi connectivity index (χ3v) is 5.30. The Morgan fingerprint density at radius 3 is 2.44 bits per heavy atom. The predicted molar refractivity (Wildman–Crippen MR) is 72.7 cm³/mol. The molecule has 96 valence electrons. The Kier molecular flexibility index (Phi) is 3.32. The number of thiophene rings is 1. The van der Waals surface area contributed by atoms with E-state index in [0.29, 0.717) is 11.3 Å². The smallest absolute Gasteiger partial charge is 0.271 e. The quantitative estimate of drug-likeness (QED) is 0.851. The summed E-state index contributed by atoms with van der Waals surface area (Å²) in [5.41, 5.74) is 1.06. The number of hydrogen-bond donors (Lipinski definition) is 2. The first-order chi connectivity index (χ1) is 8.38. The molecule has 0 saturated heterocycles. The maximum Gasteiger partial charge on any atom is 0.271 e. The fourth-order valence-corrected chi connectivity index (χ4v) is 3.81. The highest BCUT2D eigenvalue weighted by Gasteiger charge is 2.16. The number of phenols is 1. The highest BCUT2D eigenvalue weighted by Crippen LogP contribution is 2.25. The van der Waals surface area contributed by atoms with Crippen molar-refractivity contribution in [3.8, 4) is 5.75 Å². The fraction of sp³-hybridized carbons (Fsp3) is 0.167. The molecule has 1 aromatic heterocycles. The molecule has 0 fully saturated rings. The first-order valence-electron chi connectivity index (χ1n) is 5.27. The molecule has 2 aromatic rings. The lowest BCUT2D eigenvalue weighted by Gasteiger charge is -2.07. The molecule has 18 heavy (non-hydrogen) atoms. The van der Waals surface area contributed by atoms with Gasteiger partial charge in [0.05, 0.1) is 0 Å². The number of phenolic OH excluding ortho intramolecular Hbond substituents is 1. The molecule has 6 heteroatoms. The van der Waals surface area contributed by atoms with Gasteiger partial charge in [-0.2, -0.15) is 0 Å². The van der Waals surface area contributed by atoms with Crippen molar-refractivity contribution < 1.29 is 13.5 Å². The fourth-order valence-electron chi connectivity index (χ4n) is 1.48. The molecule has 1 aromatic carbocycles. The second-order valence-corrected chi connectivity index (χ2v) is 7.17. The summed E-state index contributed by atoms with van der Waals surface area (Å²) in [6.07, 6.45) is 0. The van der Waals surface area contributed by atoms with Gasteiger partial charge in [0.25, 0.3) is 10.0 Å². The van der Waals surface area contributed by atoms with Crippen LogP contribution < -0.4 is 4.72 Å². The summed E-state index contributed by atoms with van der Waals surface area (Å²) in [7, 11) is -3.54. The van der Waals surface area contributed by atoms with E-state index in [9.17, 15) is 13.5 Å². The summed E-state index contributed by atoms with van der Waals surface area (Å²) in [6, 6.07) is 7.93. The van der Waals surface area contributed by atoms with E-state index in [1.807, 2.05) is 6.92 Å². The molecular weight excluding hydrogens is 270 g/mol. The summed E-state index contributed by atoms with van der Waals surface area (Å²) in [5, 5.41) is 9.39. The van der Waals surface area contributed by atoms with Crippen LogP contribution in [-0.2, 0) is 10.0 Å². The third kappa shape index (κ3) is 2.65. The molecule has 0 aliphatic carbocycles. The number of aryl methyl sites for hydroxylation is 2. The van der Waals surface area contributed by atoms with Crippen molar-refractivity contribution in [1.82, 2.24) is 0 Å². The lowest BCUT2D eigenvalue weighted by atomic mass is 10.2. The molecule has 0 spiro atoms. The topological polar surface area (TPSA) is 66.4 Å². The second kappa shape index (κ2) is 4.62. The second-order valence-electron chi connectivity index (χ2n) is 3.97. The zero-order valence-electron chi connectivity index (χ0n) is 9.97. The van der Waals surface area contributed by atoms with Crippen LogP contribution in [0.25, 0.3) is 0 Å². The maximum atomic E-state index is 12.0. The number of nitrogens with one attached hydrogen (secondary N) is 1. The number of sulfonamides is 1. The molecule has 2 rings (SSSR count). The zero-order valence-corrected chi connectivity index (χ0v) is 11.6. The molecular formula is C12H13NO3S2. The van der Waals surface area contributed by atoms with Gasteiger partial charge in [0.2, 0.25) is 0 Å². The van der Waals surface area contributed by atoms with Crippen LogP contribution in [0.15, 0.2) is 34.5 Å². The monoisotopic (exact) mass is 283 g/mol. The Labute approximate surface area is 110 Å². The van der Waals surface area contributed by atoms with Crippen LogP contribution in [0.5, 0.6) is 5.75 Å². The third-order valence-electron chi connectivity index (χ3n) is 2.43. The van der Waals surface area contributed by atoms with Crippen molar-refractivity contribution in [3.63, 3.8) is 0 Å². The maximum absolute atomic E-state index is 12.0. The van der Waals surface area contributed by atoms with Gasteiger partial charge >= 0.3 is 0 Å². The number of hydrogen-bond acceptors (Lipinski definition) is 4. The number of rotatable bonds is 3. The first-order valence-corrected chi connectivity index (χ1v) is 7.57. The summed E-state index contributed by atoms with van der Waals surface area (Å²) >= 11 is 1.22. The van der Waals surface area contributed by atoms with Gasteiger partial charge in [-0.3, -0.25) is 4.72 Å². The van der Waals surface area contributed by atoms with Gasteiger partial charge < -0.3 is 5.11 Å². The molecule has 0 radical (unpaired) electrons. The van der Waals surface area contributed by atoms with E-state index in [1.165, 1.54) is 23.5 Å². The van der Waals surface area contributed by atoms with E-state index in [2.05, 4.69) is 4.72 Å². The Morgan fingerprint density at radius 2 is 1.89 bits per heavy atom. The van der Waals surface area contributed by atoms with Gasteiger partial charge in [0.15, 0.2) is 0 Å². The molecule has 4 nitrogen and oxygen atoms in total. The van der Waals surface area contributed by atoms with Crippen LogP contribution in [0.2, 0.25) is 0 Å². The van der Waals surface area contributed by atoms with Crippen LogP contribution >= 0.6 is 11.3 Å². The Hall–Kier alpha value is -1.53. The van der Waals surface area contributed by atoms with E-state index in [0.717, 1.165) is 4.88 Å². The molecule has 2 N–H and O–H groups in total. The molecule has 0 aliphatic heterocycles. The van der Waals surface area contributed by atoms with Crippen molar-refractivity contribution in [1.29, 1.82) is 0 Å². The average Bonchev–Trinajstić information content (AvgIpc) is 2.71. The highest BCUT2D eigenvalue weighted by atomic mass is 32.2. The van der Waals surface area contributed by atoms with Crippen LogP contribution in [0, 0.1) is 13.8 Å². The Morgan fingerprint density at radius 1 is 1.17 bits per heavy atom. The van der Waals surface area contributed by atoms with Crippen LogP contribution in [0.1, 0.15) is 10.4 Å². The largest absolute Gasteiger partial charge is 0.508 e. The average molecular weight is 283 g/mol. The van der Waals surface area contributed by atoms with Crippen LogP contribution in [0.4, 0.5) is 5.69 Å². The van der Waals surface area contributed by atoms with Crippen molar-refractivity contribution >= 4 is 27.0 Å². The van der Waals surface area contributed by atoms with Crippen LogP contribution in [0.3, 0.4) is 0 Å². The lowest BCUT2D eigenvalue weighted by Crippen LogP contribution is -2.11. The van der Waals surface area contributed by atoms with Gasteiger partial charge in [0.1, 0.15) is 9.96 Å². The minimum absolute atomic E-state index is 0.143. The van der Waals surface area contributed by atoms with Gasteiger partial charge in [-0.1, -0.05) is 0 Å². The number of aromatic hydroxyl groups is 1. The van der Waals surface area contributed by atoms with Crippen molar-refractivity contribution in [2.45, 2.75) is 18.1 Å². The SMILES string of the molecule is Cc1ccc(S(=O)(=O)Nc2ccc(O)c(C)c2)s1. The van der Waals surface area contributed by atoms with E-state index in [-0.39, 0.29) is 9.96 Å². The summed E-state index contributed by atoms with van der Waals surface area (Å²) in [5.74, 6) is 0.143. The Bertz CT molecular complexity index is 674. The van der Waals surface area contributed by atoms with Crippen molar-refractivity contribution in [3.05, 3.63) is 40.8 Å². The Balaban J connectivity index is 2.30. The molecule has 0 aliphatic rings. The van der Waals surface area contributed by atoms with Gasteiger partial charge in [-0.15, -0.1) is 11.3 Å². The van der Waals surface area contributed by atoms with E-state index >= 15 is 0 Å². The van der Waals surface area contributed by atoms with Crippen molar-refractivity contribution in [2.24, 2.45) is 0 Å². The molecule has 0 amide bonds.